The molecule has 4 nitrogen and oxygen atoms in total. The number of unbranched alkanes of at least 4 members (excludes halogenated alkanes) is 8. The molecule has 0 aromatic heterocycles. The van der Waals surface area contributed by atoms with Crippen LogP contribution in [0.4, 0.5) is 0 Å². The molecule has 0 rings (SSSR count). The molecule has 0 radical (unpaired) electrons. The lowest BCUT2D eigenvalue weighted by Gasteiger charge is -2.29. The average Bonchev–Trinajstić information content (AvgIpc) is 2.60. The predicted molar refractivity (Wildman–Crippen MR) is 112 cm³/mol. The number of hydrogen-bond acceptors (Lipinski definition) is 4. The van der Waals surface area contributed by atoms with Crippen molar-refractivity contribution < 1.29 is 19.1 Å². The molecule has 0 amide bonds. The van der Waals surface area contributed by atoms with Gasteiger partial charge in [-0.25, -0.2) is 0 Å². The van der Waals surface area contributed by atoms with Gasteiger partial charge < -0.3 is 9.47 Å². The van der Waals surface area contributed by atoms with Gasteiger partial charge in [0.25, 0.3) is 0 Å². The van der Waals surface area contributed by atoms with E-state index < -0.39 is 0 Å². The summed E-state index contributed by atoms with van der Waals surface area (Å²) < 4.78 is 10.8. The van der Waals surface area contributed by atoms with E-state index in [1.807, 2.05) is 6.92 Å². The first-order chi connectivity index (χ1) is 12.8. The molecular formula is C23H44O4. The summed E-state index contributed by atoms with van der Waals surface area (Å²) in [6, 6.07) is 0. The van der Waals surface area contributed by atoms with Crippen molar-refractivity contribution >= 4 is 11.9 Å². The Kier molecular flexibility index (Phi) is 15.3. The molecule has 27 heavy (non-hydrogen) atoms. The third-order valence-corrected chi connectivity index (χ3v) is 4.88. The summed E-state index contributed by atoms with van der Waals surface area (Å²) in [5.41, 5.74) is -0.0567. The van der Waals surface area contributed by atoms with Crippen LogP contribution in [0.25, 0.3) is 0 Å². The van der Waals surface area contributed by atoms with Gasteiger partial charge in [-0.05, 0) is 24.7 Å². The van der Waals surface area contributed by atoms with Crippen molar-refractivity contribution in [2.45, 2.75) is 124 Å². The van der Waals surface area contributed by atoms with E-state index in [0.717, 1.165) is 19.3 Å². The van der Waals surface area contributed by atoms with Gasteiger partial charge in [-0.3, -0.25) is 9.59 Å². The van der Waals surface area contributed by atoms with Crippen molar-refractivity contribution in [2.24, 2.45) is 5.41 Å². The molecule has 0 aromatic rings. The van der Waals surface area contributed by atoms with Crippen molar-refractivity contribution in [3.05, 3.63) is 0 Å². The molecule has 0 fully saturated rings. The largest absolute Gasteiger partial charge is 0.466 e. The first-order valence-electron chi connectivity index (χ1n) is 11.2. The van der Waals surface area contributed by atoms with E-state index in [9.17, 15) is 9.59 Å². The molecule has 0 aliphatic heterocycles. The number of esters is 2. The van der Waals surface area contributed by atoms with Crippen LogP contribution in [0.15, 0.2) is 0 Å². The zero-order valence-corrected chi connectivity index (χ0v) is 18.6. The number of carbonyl (C=O) groups excluding carboxylic acids is 2. The van der Waals surface area contributed by atoms with Crippen LogP contribution >= 0.6 is 0 Å². The Morgan fingerprint density at radius 1 is 0.741 bits per heavy atom. The molecule has 0 aliphatic carbocycles. The zero-order chi connectivity index (χ0) is 20.5. The first kappa shape index (κ1) is 25.9. The van der Waals surface area contributed by atoms with E-state index in [4.69, 9.17) is 9.47 Å². The standard InChI is InChI=1S/C23H44O4/c1-6-8-9-10-11-12-13-14-15-19-26-21(24)17-16-18-22(25)27-20(7-2)23(3,4)5/h20H,6-19H2,1-5H3. The molecule has 0 saturated heterocycles. The first-order valence-corrected chi connectivity index (χ1v) is 11.2. The average molecular weight is 385 g/mol. The van der Waals surface area contributed by atoms with Gasteiger partial charge in [0.05, 0.1) is 6.61 Å². The second-order valence-electron chi connectivity index (χ2n) is 8.66. The van der Waals surface area contributed by atoms with Crippen molar-refractivity contribution in [1.82, 2.24) is 0 Å². The molecule has 0 aromatic carbocycles. The van der Waals surface area contributed by atoms with Gasteiger partial charge in [-0.2, -0.15) is 0 Å². The second-order valence-corrected chi connectivity index (χ2v) is 8.66. The van der Waals surface area contributed by atoms with Crippen molar-refractivity contribution in [3.63, 3.8) is 0 Å². The fourth-order valence-electron chi connectivity index (χ4n) is 3.14. The number of hydrogen-bond donors (Lipinski definition) is 0. The molecule has 0 spiro atoms. The summed E-state index contributed by atoms with van der Waals surface area (Å²) >= 11 is 0. The topological polar surface area (TPSA) is 52.6 Å². The summed E-state index contributed by atoms with van der Waals surface area (Å²) in [7, 11) is 0. The number of ether oxygens (including phenoxy) is 2. The zero-order valence-electron chi connectivity index (χ0n) is 18.6. The van der Waals surface area contributed by atoms with Crippen molar-refractivity contribution in [2.75, 3.05) is 6.61 Å². The van der Waals surface area contributed by atoms with Crippen molar-refractivity contribution in [3.8, 4) is 0 Å². The Morgan fingerprint density at radius 3 is 1.78 bits per heavy atom. The van der Waals surface area contributed by atoms with E-state index in [-0.39, 0.29) is 29.9 Å². The monoisotopic (exact) mass is 384 g/mol. The summed E-state index contributed by atoms with van der Waals surface area (Å²) in [4.78, 5) is 23.6. The van der Waals surface area contributed by atoms with Crippen LogP contribution in [0.2, 0.25) is 0 Å². The van der Waals surface area contributed by atoms with Gasteiger partial charge in [-0.1, -0.05) is 86.0 Å². The summed E-state index contributed by atoms with van der Waals surface area (Å²) in [5.74, 6) is -0.422. The normalized spacial score (nSPS) is 12.6. The molecule has 1 unspecified atom stereocenters. The number of carbonyl (C=O) groups is 2. The molecular weight excluding hydrogens is 340 g/mol. The highest BCUT2D eigenvalue weighted by Gasteiger charge is 2.26. The predicted octanol–water partition coefficient (Wildman–Crippen LogP) is 6.60. The molecule has 160 valence electrons. The van der Waals surface area contributed by atoms with Crippen LogP contribution in [0.1, 0.15) is 118 Å². The number of rotatable bonds is 16. The van der Waals surface area contributed by atoms with Gasteiger partial charge in [0, 0.05) is 12.8 Å². The smallest absolute Gasteiger partial charge is 0.306 e. The van der Waals surface area contributed by atoms with E-state index in [2.05, 4.69) is 27.7 Å². The minimum absolute atomic E-state index is 0.0567. The van der Waals surface area contributed by atoms with E-state index in [0.29, 0.717) is 19.4 Å². The SMILES string of the molecule is CCCCCCCCCCCOC(=O)CCCC(=O)OC(CC)C(C)(C)C. The molecule has 0 saturated carbocycles. The maximum atomic E-state index is 11.9. The highest BCUT2D eigenvalue weighted by atomic mass is 16.5. The van der Waals surface area contributed by atoms with E-state index in [1.54, 1.807) is 0 Å². The molecule has 0 N–H and O–H groups in total. The maximum absolute atomic E-state index is 11.9. The van der Waals surface area contributed by atoms with Crippen molar-refractivity contribution in [1.29, 1.82) is 0 Å². The molecule has 0 aliphatic rings. The Morgan fingerprint density at radius 2 is 1.26 bits per heavy atom. The van der Waals surface area contributed by atoms with E-state index in [1.165, 1.54) is 44.9 Å². The van der Waals surface area contributed by atoms with Crippen LogP contribution in [-0.2, 0) is 19.1 Å². The summed E-state index contributed by atoms with van der Waals surface area (Å²) in [6.07, 6.45) is 13.0. The van der Waals surface area contributed by atoms with Gasteiger partial charge in [-0.15, -0.1) is 0 Å². The Balaban J connectivity index is 3.57. The molecule has 4 heteroatoms. The minimum Gasteiger partial charge on any atom is -0.466 e. The Labute approximate surface area is 167 Å². The fourth-order valence-corrected chi connectivity index (χ4v) is 3.14. The quantitative estimate of drug-likeness (QED) is 0.222. The van der Waals surface area contributed by atoms with Crippen LogP contribution in [0, 0.1) is 5.41 Å². The lowest BCUT2D eigenvalue weighted by molar-refractivity contribution is -0.155. The molecule has 1 atom stereocenters. The maximum Gasteiger partial charge on any atom is 0.306 e. The Bertz CT molecular complexity index is 384. The molecule has 0 heterocycles. The van der Waals surface area contributed by atoms with Gasteiger partial charge in [0.2, 0.25) is 0 Å². The highest BCUT2D eigenvalue weighted by molar-refractivity contribution is 5.72. The summed E-state index contributed by atoms with van der Waals surface area (Å²) in [6.45, 7) is 11.0. The van der Waals surface area contributed by atoms with Gasteiger partial charge >= 0.3 is 11.9 Å². The molecule has 0 bridgehead atoms. The van der Waals surface area contributed by atoms with Gasteiger partial charge in [0.15, 0.2) is 0 Å². The van der Waals surface area contributed by atoms with Crippen LogP contribution in [-0.4, -0.2) is 24.6 Å². The Hall–Kier alpha value is -1.06. The second kappa shape index (κ2) is 15.9. The third-order valence-electron chi connectivity index (χ3n) is 4.88. The third kappa shape index (κ3) is 15.7. The highest BCUT2D eigenvalue weighted by Crippen LogP contribution is 2.25. The van der Waals surface area contributed by atoms with Crippen LogP contribution in [0.5, 0.6) is 0 Å². The lowest BCUT2D eigenvalue weighted by atomic mass is 9.87. The lowest BCUT2D eigenvalue weighted by Crippen LogP contribution is -2.31. The van der Waals surface area contributed by atoms with E-state index >= 15 is 0 Å². The fraction of sp³-hybridized carbons (Fsp3) is 0.913. The van der Waals surface area contributed by atoms with Crippen LogP contribution in [0.3, 0.4) is 0 Å². The van der Waals surface area contributed by atoms with Gasteiger partial charge in [0.1, 0.15) is 6.10 Å². The minimum atomic E-state index is -0.219. The van der Waals surface area contributed by atoms with Crippen LogP contribution < -0.4 is 0 Å². The summed E-state index contributed by atoms with van der Waals surface area (Å²) in [5, 5.41) is 0.